The highest BCUT2D eigenvalue weighted by atomic mass is 32.1. The average molecular weight is 424 g/mol. The Morgan fingerprint density at radius 3 is 2.90 bits per heavy atom. The average Bonchev–Trinajstić information content (AvgIpc) is 3.51. The first-order valence-electron chi connectivity index (χ1n) is 10.1. The van der Waals surface area contributed by atoms with Crippen molar-refractivity contribution in [2.45, 2.75) is 26.3 Å². The number of likely N-dealkylation sites (tertiary alicyclic amines) is 1. The van der Waals surface area contributed by atoms with Gasteiger partial charge in [0.25, 0.3) is 0 Å². The molecule has 156 valence electrons. The minimum atomic E-state index is -0.623. The van der Waals surface area contributed by atoms with E-state index in [4.69, 9.17) is 0 Å². The summed E-state index contributed by atoms with van der Waals surface area (Å²) in [5.41, 5.74) is 1.64. The van der Waals surface area contributed by atoms with E-state index in [9.17, 15) is 9.59 Å². The molecule has 0 radical (unpaired) electrons. The minimum Gasteiger partial charge on any atom is -0.356 e. The van der Waals surface area contributed by atoms with Gasteiger partial charge in [-0.3, -0.25) is 9.59 Å². The molecule has 1 aliphatic heterocycles. The number of amides is 2. The molecule has 2 aromatic heterocycles. The zero-order valence-corrected chi connectivity index (χ0v) is 17.8. The van der Waals surface area contributed by atoms with Gasteiger partial charge in [0.05, 0.1) is 5.41 Å². The largest absolute Gasteiger partial charge is 0.356 e. The maximum absolute atomic E-state index is 13.1. The smallest absolute Gasteiger partial charge is 0.244 e. The fraction of sp³-hybridized carbons (Fsp3) is 0.364. The fourth-order valence-corrected chi connectivity index (χ4v) is 4.79. The molecule has 8 heteroatoms. The molecule has 0 bridgehead atoms. The van der Waals surface area contributed by atoms with Gasteiger partial charge in [0.2, 0.25) is 11.8 Å². The number of thiophene rings is 1. The van der Waals surface area contributed by atoms with E-state index in [1.54, 1.807) is 16.2 Å². The van der Waals surface area contributed by atoms with Crippen LogP contribution in [0.4, 0.5) is 0 Å². The van der Waals surface area contributed by atoms with Crippen molar-refractivity contribution < 1.29 is 9.59 Å². The molecule has 3 heterocycles. The quantitative estimate of drug-likeness (QED) is 0.634. The maximum Gasteiger partial charge on any atom is 0.244 e. The van der Waals surface area contributed by atoms with Gasteiger partial charge < -0.3 is 10.2 Å². The second-order valence-corrected chi connectivity index (χ2v) is 8.60. The summed E-state index contributed by atoms with van der Waals surface area (Å²) in [6.07, 6.45) is 4.19. The summed E-state index contributed by atoms with van der Waals surface area (Å²) in [5, 5.41) is 9.07. The second-order valence-electron chi connectivity index (χ2n) is 7.65. The van der Waals surface area contributed by atoms with Crippen LogP contribution in [0.2, 0.25) is 0 Å². The lowest BCUT2D eigenvalue weighted by Crippen LogP contribution is -2.45. The molecule has 0 aliphatic carbocycles. The number of carbonyl (C=O) groups excluding carboxylic acids is 2. The number of carbonyl (C=O) groups is 2. The van der Waals surface area contributed by atoms with E-state index < -0.39 is 5.41 Å². The molecule has 1 aliphatic rings. The van der Waals surface area contributed by atoms with Gasteiger partial charge in [-0.15, -0.1) is 11.3 Å². The third-order valence-electron chi connectivity index (χ3n) is 5.56. The molecule has 30 heavy (non-hydrogen) atoms. The highest BCUT2D eigenvalue weighted by Crippen LogP contribution is 2.36. The van der Waals surface area contributed by atoms with Gasteiger partial charge in [0.15, 0.2) is 0 Å². The summed E-state index contributed by atoms with van der Waals surface area (Å²) >= 11 is 1.70. The van der Waals surface area contributed by atoms with Gasteiger partial charge in [0, 0.05) is 24.5 Å². The Kier molecular flexibility index (Phi) is 5.94. The van der Waals surface area contributed by atoms with Gasteiger partial charge in [-0.05, 0) is 42.3 Å². The lowest BCUT2D eigenvalue weighted by atomic mass is 9.79. The van der Waals surface area contributed by atoms with Gasteiger partial charge in [-0.1, -0.05) is 30.3 Å². The van der Waals surface area contributed by atoms with E-state index in [0.717, 1.165) is 11.1 Å². The first kappa shape index (κ1) is 20.3. The second kappa shape index (κ2) is 8.79. The van der Waals surface area contributed by atoms with Crippen LogP contribution in [0.3, 0.4) is 0 Å². The van der Waals surface area contributed by atoms with Gasteiger partial charge in [0.1, 0.15) is 19.2 Å². The highest BCUT2D eigenvalue weighted by Gasteiger charge is 2.45. The first-order chi connectivity index (χ1) is 14.6. The standard InChI is InChI=1S/C22H25N5O2S/c1-2-24-21(29)22(8-9-26(14-22)20(28)13-27-16-23-15-25-27)12-17-5-3-6-18(11-17)19-7-4-10-30-19/h3-7,10-11,15-16H,2,8-9,12-14H2,1H3,(H,24,29). The van der Waals surface area contributed by atoms with Crippen LogP contribution in [0, 0.1) is 5.41 Å². The van der Waals surface area contributed by atoms with E-state index in [2.05, 4.69) is 45.0 Å². The van der Waals surface area contributed by atoms with E-state index >= 15 is 0 Å². The number of aromatic nitrogens is 3. The van der Waals surface area contributed by atoms with Crippen LogP contribution in [0.1, 0.15) is 18.9 Å². The third-order valence-corrected chi connectivity index (χ3v) is 6.48. The first-order valence-corrected chi connectivity index (χ1v) is 11.0. The number of benzene rings is 1. The number of rotatable bonds is 7. The van der Waals surface area contributed by atoms with Crippen molar-refractivity contribution in [2.24, 2.45) is 5.41 Å². The molecule has 7 nitrogen and oxygen atoms in total. The summed E-state index contributed by atoms with van der Waals surface area (Å²) < 4.78 is 1.51. The lowest BCUT2D eigenvalue weighted by molar-refractivity contribution is -0.133. The van der Waals surface area contributed by atoms with Crippen molar-refractivity contribution in [3.8, 4) is 10.4 Å². The summed E-state index contributed by atoms with van der Waals surface area (Å²) in [6.45, 7) is 3.61. The Hall–Kier alpha value is -3.00. The van der Waals surface area contributed by atoms with Gasteiger partial charge >= 0.3 is 0 Å². The Morgan fingerprint density at radius 1 is 1.27 bits per heavy atom. The van der Waals surface area contributed by atoms with E-state index in [1.807, 2.05) is 19.1 Å². The summed E-state index contributed by atoms with van der Waals surface area (Å²) in [7, 11) is 0. The van der Waals surface area contributed by atoms with Crippen molar-refractivity contribution in [1.82, 2.24) is 25.0 Å². The molecule has 0 saturated carbocycles. The molecular weight excluding hydrogens is 398 g/mol. The molecule has 1 aromatic carbocycles. The molecule has 2 amide bonds. The third kappa shape index (κ3) is 4.28. The van der Waals surface area contributed by atoms with Crippen molar-refractivity contribution in [3.63, 3.8) is 0 Å². The minimum absolute atomic E-state index is 0.0163. The Labute approximate surface area is 179 Å². The van der Waals surface area contributed by atoms with E-state index in [0.29, 0.717) is 32.5 Å². The molecule has 1 saturated heterocycles. The van der Waals surface area contributed by atoms with E-state index in [1.165, 1.54) is 22.2 Å². The maximum atomic E-state index is 13.1. The van der Waals surface area contributed by atoms with Crippen LogP contribution >= 0.6 is 11.3 Å². The molecule has 0 spiro atoms. The van der Waals surface area contributed by atoms with Crippen molar-refractivity contribution in [3.05, 3.63) is 60.0 Å². The van der Waals surface area contributed by atoms with Crippen molar-refractivity contribution in [1.29, 1.82) is 0 Å². The van der Waals surface area contributed by atoms with Gasteiger partial charge in [-0.25, -0.2) is 9.67 Å². The van der Waals surface area contributed by atoms with Crippen LogP contribution in [-0.2, 0) is 22.6 Å². The van der Waals surface area contributed by atoms with Gasteiger partial charge in [-0.2, -0.15) is 5.10 Å². The fourth-order valence-electron chi connectivity index (χ4n) is 4.06. The topological polar surface area (TPSA) is 80.1 Å². The monoisotopic (exact) mass is 423 g/mol. The molecule has 1 atom stereocenters. The predicted molar refractivity (Wildman–Crippen MR) is 116 cm³/mol. The lowest BCUT2D eigenvalue weighted by Gasteiger charge is -2.28. The molecule has 1 unspecified atom stereocenters. The Bertz CT molecular complexity index is 1000. The van der Waals surface area contributed by atoms with Crippen molar-refractivity contribution >= 4 is 23.2 Å². The Balaban J connectivity index is 1.54. The number of hydrogen-bond acceptors (Lipinski definition) is 5. The zero-order valence-electron chi connectivity index (χ0n) is 17.0. The normalized spacial score (nSPS) is 18.5. The number of nitrogens with zero attached hydrogens (tertiary/aromatic N) is 4. The van der Waals surface area contributed by atoms with Crippen LogP contribution in [-0.4, -0.2) is 51.1 Å². The molecular formula is C22H25N5O2S. The molecule has 3 aromatic rings. The van der Waals surface area contributed by atoms with Crippen LogP contribution < -0.4 is 5.32 Å². The summed E-state index contributed by atoms with van der Waals surface area (Å²) in [4.78, 5) is 32.7. The molecule has 4 rings (SSSR count). The molecule has 1 fully saturated rings. The SMILES string of the molecule is CCNC(=O)C1(Cc2cccc(-c3cccs3)c2)CCN(C(=O)Cn2cncn2)C1. The summed E-state index contributed by atoms with van der Waals surface area (Å²) in [5.74, 6) is -0.0263. The Morgan fingerprint density at radius 2 is 2.17 bits per heavy atom. The number of nitrogens with one attached hydrogen (secondary N) is 1. The zero-order chi connectivity index (χ0) is 21.0. The predicted octanol–water partition coefficient (Wildman–Crippen LogP) is 2.60. The van der Waals surface area contributed by atoms with E-state index in [-0.39, 0.29) is 18.4 Å². The summed E-state index contributed by atoms with van der Waals surface area (Å²) in [6, 6.07) is 12.5. The van der Waals surface area contributed by atoms with Crippen molar-refractivity contribution in [2.75, 3.05) is 19.6 Å². The van der Waals surface area contributed by atoms with Crippen LogP contribution in [0.25, 0.3) is 10.4 Å². The van der Waals surface area contributed by atoms with Crippen LogP contribution in [0.15, 0.2) is 54.4 Å². The van der Waals surface area contributed by atoms with Crippen LogP contribution in [0.5, 0.6) is 0 Å². The molecule has 1 N–H and O–H groups in total. The number of hydrogen-bond donors (Lipinski definition) is 1. The highest BCUT2D eigenvalue weighted by molar-refractivity contribution is 7.13.